The third-order valence-electron chi connectivity index (χ3n) is 1.53. The minimum absolute atomic E-state index is 0.196. The lowest BCUT2D eigenvalue weighted by Gasteiger charge is -2.15. The number of amides is 1. The maximum Gasteiger partial charge on any atom is 0.253 e. The molecule has 4 N–H and O–H groups in total. The Hall–Kier alpha value is -0.610. The van der Waals surface area contributed by atoms with E-state index >= 15 is 0 Å². The molecule has 66 valence electrons. The average molecular weight is 159 g/mol. The van der Waals surface area contributed by atoms with Crippen molar-refractivity contribution in [2.24, 2.45) is 11.6 Å². The molecule has 0 bridgehead atoms. The fourth-order valence-electron chi connectivity index (χ4n) is 0.809. The fourth-order valence-corrected chi connectivity index (χ4v) is 0.809. The normalized spacial score (nSPS) is 12.7. The van der Waals surface area contributed by atoms with Crippen LogP contribution in [0, 0.1) is 0 Å². The van der Waals surface area contributed by atoms with Gasteiger partial charge in [0.05, 0.1) is 6.04 Å². The van der Waals surface area contributed by atoms with Gasteiger partial charge in [-0.2, -0.15) is 0 Å². The average Bonchev–Trinajstić information content (AvgIpc) is 1.98. The van der Waals surface area contributed by atoms with Gasteiger partial charge in [0.25, 0.3) is 5.91 Å². The highest BCUT2D eigenvalue weighted by Gasteiger charge is 2.14. The summed E-state index contributed by atoms with van der Waals surface area (Å²) in [6.07, 6.45) is 2.74. The molecule has 0 aliphatic carbocycles. The first-order valence-corrected chi connectivity index (χ1v) is 3.87. The number of nitrogens with two attached hydrogens (primary N) is 2. The van der Waals surface area contributed by atoms with E-state index in [0.717, 1.165) is 24.3 Å². The molecular weight excluding hydrogens is 142 g/mol. The Morgan fingerprint density at radius 1 is 1.64 bits per heavy atom. The Bertz CT molecular complexity index is 125. The molecule has 0 fully saturated rings. The van der Waals surface area contributed by atoms with E-state index in [1.807, 2.05) is 0 Å². The van der Waals surface area contributed by atoms with Gasteiger partial charge in [-0.25, -0.2) is 5.84 Å². The zero-order valence-corrected chi connectivity index (χ0v) is 7.21. The smallest absolute Gasteiger partial charge is 0.253 e. The molecule has 0 aromatic rings. The molecule has 1 atom stereocenters. The van der Waals surface area contributed by atoms with Crippen molar-refractivity contribution >= 4 is 5.91 Å². The van der Waals surface area contributed by atoms with Crippen molar-refractivity contribution < 1.29 is 4.79 Å². The van der Waals surface area contributed by atoms with Crippen LogP contribution >= 0.6 is 0 Å². The molecule has 0 saturated heterocycles. The zero-order chi connectivity index (χ0) is 8.85. The third-order valence-corrected chi connectivity index (χ3v) is 1.53. The summed E-state index contributed by atoms with van der Waals surface area (Å²) in [6.45, 7) is 2.06. The van der Waals surface area contributed by atoms with E-state index in [1.54, 1.807) is 0 Å². The number of likely N-dealkylation sites (N-methyl/N-ethyl adjacent to an activating group) is 1. The minimum Gasteiger partial charge on any atom is -0.320 e. The molecule has 0 saturated carbocycles. The van der Waals surface area contributed by atoms with Crippen LogP contribution < -0.4 is 11.6 Å². The predicted molar refractivity (Wildman–Crippen MR) is 44.5 cm³/mol. The first-order valence-electron chi connectivity index (χ1n) is 3.87. The van der Waals surface area contributed by atoms with Crippen LogP contribution in [0.15, 0.2) is 0 Å². The number of rotatable bonds is 4. The molecule has 0 aromatic carbocycles. The molecule has 0 radical (unpaired) electrons. The first-order chi connectivity index (χ1) is 5.09. The molecule has 0 aliphatic rings. The molecular formula is C7H17N3O. The van der Waals surface area contributed by atoms with Crippen LogP contribution in [0.5, 0.6) is 0 Å². The van der Waals surface area contributed by atoms with E-state index in [0.29, 0.717) is 0 Å². The summed E-state index contributed by atoms with van der Waals surface area (Å²) >= 11 is 0. The summed E-state index contributed by atoms with van der Waals surface area (Å²) in [5, 5.41) is 1.04. The molecule has 0 aliphatic heterocycles. The lowest BCUT2D eigenvalue weighted by molar-refractivity contribution is -0.131. The van der Waals surface area contributed by atoms with Gasteiger partial charge in [0.1, 0.15) is 0 Å². The van der Waals surface area contributed by atoms with Crippen LogP contribution in [0.4, 0.5) is 0 Å². The van der Waals surface area contributed by atoms with Gasteiger partial charge in [0.15, 0.2) is 0 Å². The Kier molecular flexibility index (Phi) is 4.81. The molecule has 0 rings (SSSR count). The lowest BCUT2D eigenvalue weighted by atomic mass is 10.1. The van der Waals surface area contributed by atoms with E-state index in [2.05, 4.69) is 6.92 Å². The highest BCUT2D eigenvalue weighted by atomic mass is 16.2. The molecule has 0 spiro atoms. The quantitative estimate of drug-likeness (QED) is 0.340. The number of unbranched alkanes of at least 4 members (excludes halogenated alkanes) is 1. The van der Waals surface area contributed by atoms with Gasteiger partial charge in [-0.3, -0.25) is 9.80 Å². The number of hydrogen-bond acceptors (Lipinski definition) is 3. The Labute approximate surface area is 67.5 Å². The van der Waals surface area contributed by atoms with Gasteiger partial charge >= 0.3 is 0 Å². The number of nitrogens with zero attached hydrogens (tertiary/aromatic N) is 1. The van der Waals surface area contributed by atoms with Gasteiger partial charge in [-0.05, 0) is 6.42 Å². The summed E-state index contributed by atoms with van der Waals surface area (Å²) < 4.78 is 0. The van der Waals surface area contributed by atoms with Crippen molar-refractivity contribution in [1.29, 1.82) is 0 Å². The second-order valence-electron chi connectivity index (χ2n) is 2.70. The summed E-state index contributed by atoms with van der Waals surface area (Å²) in [7, 11) is 1.51. The largest absolute Gasteiger partial charge is 0.320 e. The Balaban J connectivity index is 3.64. The van der Waals surface area contributed by atoms with Crippen LogP contribution in [-0.4, -0.2) is 24.0 Å². The van der Waals surface area contributed by atoms with Crippen LogP contribution in [-0.2, 0) is 4.79 Å². The van der Waals surface area contributed by atoms with Gasteiger partial charge in [0.2, 0.25) is 0 Å². The molecule has 1 unspecified atom stereocenters. The molecule has 0 heterocycles. The van der Waals surface area contributed by atoms with Crippen LogP contribution in [0.3, 0.4) is 0 Å². The SMILES string of the molecule is CCCCC(N)C(=O)N(C)N. The van der Waals surface area contributed by atoms with Gasteiger partial charge in [-0.1, -0.05) is 19.8 Å². The predicted octanol–water partition coefficient (Wildman–Crippen LogP) is -0.164. The van der Waals surface area contributed by atoms with Crippen molar-refractivity contribution in [3.63, 3.8) is 0 Å². The third kappa shape index (κ3) is 3.95. The molecule has 1 amide bonds. The van der Waals surface area contributed by atoms with Crippen molar-refractivity contribution in [3.05, 3.63) is 0 Å². The fraction of sp³-hybridized carbons (Fsp3) is 0.857. The summed E-state index contributed by atoms with van der Waals surface area (Å²) in [5.41, 5.74) is 5.53. The van der Waals surface area contributed by atoms with E-state index < -0.39 is 6.04 Å². The van der Waals surface area contributed by atoms with Crippen LogP contribution in [0.25, 0.3) is 0 Å². The number of carbonyl (C=O) groups is 1. The topological polar surface area (TPSA) is 72.4 Å². The van der Waals surface area contributed by atoms with Crippen LogP contribution in [0.2, 0.25) is 0 Å². The van der Waals surface area contributed by atoms with Gasteiger partial charge in [0, 0.05) is 7.05 Å². The zero-order valence-electron chi connectivity index (χ0n) is 7.21. The monoisotopic (exact) mass is 159 g/mol. The number of hydrazine groups is 1. The van der Waals surface area contributed by atoms with E-state index in [4.69, 9.17) is 11.6 Å². The molecule has 4 nitrogen and oxygen atoms in total. The highest BCUT2D eigenvalue weighted by molar-refractivity contribution is 5.80. The van der Waals surface area contributed by atoms with E-state index in [-0.39, 0.29) is 5.91 Å². The van der Waals surface area contributed by atoms with E-state index in [9.17, 15) is 4.79 Å². The van der Waals surface area contributed by atoms with E-state index in [1.165, 1.54) is 7.05 Å². The van der Waals surface area contributed by atoms with Crippen molar-refractivity contribution in [1.82, 2.24) is 5.01 Å². The Morgan fingerprint density at radius 2 is 2.18 bits per heavy atom. The molecule has 0 aromatic heterocycles. The maximum absolute atomic E-state index is 11.0. The highest BCUT2D eigenvalue weighted by Crippen LogP contribution is 1.99. The second kappa shape index (κ2) is 5.09. The first kappa shape index (κ1) is 10.4. The van der Waals surface area contributed by atoms with Crippen molar-refractivity contribution in [2.45, 2.75) is 32.2 Å². The van der Waals surface area contributed by atoms with Gasteiger partial charge < -0.3 is 5.73 Å². The molecule has 11 heavy (non-hydrogen) atoms. The lowest BCUT2D eigenvalue weighted by Crippen LogP contribution is -2.45. The van der Waals surface area contributed by atoms with Crippen molar-refractivity contribution in [3.8, 4) is 0 Å². The van der Waals surface area contributed by atoms with Crippen LogP contribution in [0.1, 0.15) is 26.2 Å². The van der Waals surface area contributed by atoms with Crippen molar-refractivity contribution in [2.75, 3.05) is 7.05 Å². The summed E-state index contributed by atoms with van der Waals surface area (Å²) in [5.74, 6) is 5.02. The standard InChI is InChI=1S/C7H17N3O/c1-3-4-5-6(8)7(11)10(2)9/h6H,3-5,8-9H2,1-2H3. The number of carbonyl (C=O) groups excluding carboxylic acids is 1. The minimum atomic E-state index is -0.426. The Morgan fingerprint density at radius 3 is 2.55 bits per heavy atom. The number of hydrogen-bond donors (Lipinski definition) is 2. The summed E-state index contributed by atoms with van der Waals surface area (Å²) in [6, 6.07) is -0.426. The maximum atomic E-state index is 11.0. The molecule has 4 heteroatoms. The van der Waals surface area contributed by atoms with Gasteiger partial charge in [-0.15, -0.1) is 0 Å². The summed E-state index contributed by atoms with van der Waals surface area (Å²) in [4.78, 5) is 11.0. The second-order valence-corrected chi connectivity index (χ2v) is 2.70.